The zero-order chi connectivity index (χ0) is 18.8. The van der Waals surface area contributed by atoms with Crippen LogP contribution in [-0.2, 0) is 11.3 Å². The first-order valence-electron chi connectivity index (χ1n) is 9.29. The van der Waals surface area contributed by atoms with Crippen LogP contribution in [0.3, 0.4) is 0 Å². The number of imide groups is 1. The Kier molecular flexibility index (Phi) is 8.28. The van der Waals surface area contributed by atoms with Gasteiger partial charge in [0.2, 0.25) is 5.91 Å². The number of likely N-dealkylation sites (N-methyl/N-ethyl adjacent to an activating group) is 1. The highest BCUT2D eigenvalue weighted by Gasteiger charge is 2.13. The molecular weight excluding hydrogens is 333 g/mol. The monoisotopic (exact) mass is 361 g/mol. The number of allylic oxidation sites excluding steroid dienone is 1. The summed E-state index contributed by atoms with van der Waals surface area (Å²) in [6.07, 6.45) is 7.78. The Morgan fingerprint density at radius 2 is 2.12 bits per heavy atom. The first-order valence-corrected chi connectivity index (χ1v) is 9.29. The van der Waals surface area contributed by atoms with Crippen molar-refractivity contribution in [2.75, 3.05) is 19.6 Å². The van der Waals surface area contributed by atoms with Crippen LogP contribution in [0.1, 0.15) is 44.6 Å². The summed E-state index contributed by atoms with van der Waals surface area (Å²) in [5.41, 5.74) is 2.18. The smallest absolute Gasteiger partial charge is 0.321 e. The number of carbonyl (C=O) groups is 2. The Morgan fingerprint density at radius 1 is 1.27 bits per heavy atom. The Morgan fingerprint density at radius 3 is 2.81 bits per heavy atom. The van der Waals surface area contributed by atoms with Crippen LogP contribution in [0.4, 0.5) is 9.18 Å². The fourth-order valence-corrected chi connectivity index (χ4v) is 3.05. The van der Waals surface area contributed by atoms with Gasteiger partial charge in [0.05, 0.1) is 6.54 Å². The maximum absolute atomic E-state index is 13.3. The van der Waals surface area contributed by atoms with Gasteiger partial charge in [-0.2, -0.15) is 0 Å². The van der Waals surface area contributed by atoms with Crippen molar-refractivity contribution in [2.45, 2.75) is 45.6 Å². The average molecular weight is 361 g/mol. The average Bonchev–Trinajstić information content (AvgIpc) is 2.62. The van der Waals surface area contributed by atoms with Gasteiger partial charge in [0, 0.05) is 13.1 Å². The van der Waals surface area contributed by atoms with Gasteiger partial charge in [0.1, 0.15) is 5.82 Å². The Hall–Kier alpha value is -2.21. The van der Waals surface area contributed by atoms with E-state index in [4.69, 9.17) is 0 Å². The van der Waals surface area contributed by atoms with E-state index in [0.717, 1.165) is 24.8 Å². The van der Waals surface area contributed by atoms with Gasteiger partial charge < -0.3 is 5.32 Å². The zero-order valence-electron chi connectivity index (χ0n) is 15.4. The Balaban J connectivity index is 1.70. The lowest BCUT2D eigenvalue weighted by atomic mass is 9.97. The second kappa shape index (κ2) is 10.7. The third-order valence-corrected chi connectivity index (χ3v) is 4.48. The second-order valence-corrected chi connectivity index (χ2v) is 6.60. The molecule has 6 heteroatoms. The van der Waals surface area contributed by atoms with Crippen molar-refractivity contribution < 1.29 is 14.0 Å². The first kappa shape index (κ1) is 20.1. The standard InChI is InChI=1S/C20H28FN3O2/c1-2-24(14-17-9-6-10-18(21)13-17)15-19(25)23-20(26)22-12-11-16-7-4-3-5-8-16/h6-7,9-10,13H,2-5,8,11-12,14-15H2,1H3,(H2,22,23,25,26). The Bertz CT molecular complexity index is 646. The normalized spacial score (nSPS) is 14.0. The highest BCUT2D eigenvalue weighted by molar-refractivity contribution is 5.95. The molecule has 0 fully saturated rings. The minimum atomic E-state index is -0.465. The maximum atomic E-state index is 13.3. The lowest BCUT2D eigenvalue weighted by molar-refractivity contribution is -0.121. The van der Waals surface area contributed by atoms with Gasteiger partial charge in [-0.25, -0.2) is 9.18 Å². The summed E-state index contributed by atoms with van der Waals surface area (Å²) in [6.45, 7) is 3.62. The molecule has 0 aliphatic heterocycles. The summed E-state index contributed by atoms with van der Waals surface area (Å²) in [4.78, 5) is 25.7. The number of hydrogen-bond acceptors (Lipinski definition) is 3. The minimum absolute atomic E-state index is 0.0889. The van der Waals surface area contributed by atoms with Gasteiger partial charge in [0.15, 0.2) is 0 Å². The summed E-state index contributed by atoms with van der Waals surface area (Å²) >= 11 is 0. The molecule has 5 nitrogen and oxygen atoms in total. The van der Waals surface area contributed by atoms with Crippen LogP contribution < -0.4 is 10.6 Å². The van der Waals surface area contributed by atoms with E-state index >= 15 is 0 Å². The van der Waals surface area contributed by atoms with Crippen molar-refractivity contribution in [3.05, 3.63) is 47.3 Å². The molecule has 0 heterocycles. The largest absolute Gasteiger partial charge is 0.337 e. The molecule has 2 rings (SSSR count). The minimum Gasteiger partial charge on any atom is -0.337 e. The summed E-state index contributed by atoms with van der Waals surface area (Å²) in [5, 5.41) is 5.08. The van der Waals surface area contributed by atoms with Crippen molar-refractivity contribution in [1.82, 2.24) is 15.5 Å². The number of hydrogen-bond donors (Lipinski definition) is 2. The van der Waals surface area contributed by atoms with Crippen LogP contribution in [-0.4, -0.2) is 36.5 Å². The predicted molar refractivity (Wildman–Crippen MR) is 100 cm³/mol. The molecule has 3 amide bonds. The van der Waals surface area contributed by atoms with Crippen molar-refractivity contribution in [1.29, 1.82) is 0 Å². The number of benzene rings is 1. The molecule has 0 unspecified atom stereocenters. The van der Waals surface area contributed by atoms with E-state index in [1.165, 1.54) is 30.5 Å². The zero-order valence-corrected chi connectivity index (χ0v) is 15.4. The fraction of sp³-hybridized carbons (Fsp3) is 0.500. The maximum Gasteiger partial charge on any atom is 0.321 e. The van der Waals surface area contributed by atoms with Crippen molar-refractivity contribution in [3.63, 3.8) is 0 Å². The first-order chi connectivity index (χ1) is 12.6. The number of urea groups is 1. The van der Waals surface area contributed by atoms with E-state index in [2.05, 4.69) is 16.7 Å². The molecular formula is C20H28FN3O2. The molecule has 1 aliphatic carbocycles. The molecule has 0 saturated heterocycles. The van der Waals surface area contributed by atoms with Crippen LogP contribution >= 0.6 is 0 Å². The quantitative estimate of drug-likeness (QED) is 0.698. The van der Waals surface area contributed by atoms with Crippen molar-refractivity contribution in [2.24, 2.45) is 0 Å². The molecule has 26 heavy (non-hydrogen) atoms. The highest BCUT2D eigenvalue weighted by Crippen LogP contribution is 2.19. The van der Waals surface area contributed by atoms with Crippen LogP contribution in [0.5, 0.6) is 0 Å². The second-order valence-electron chi connectivity index (χ2n) is 6.60. The molecule has 1 aliphatic rings. The van der Waals surface area contributed by atoms with Gasteiger partial charge in [-0.15, -0.1) is 0 Å². The number of carbonyl (C=O) groups excluding carboxylic acids is 2. The van der Waals surface area contributed by atoms with E-state index in [9.17, 15) is 14.0 Å². The molecule has 0 spiro atoms. The van der Waals surface area contributed by atoms with Crippen LogP contribution in [0.15, 0.2) is 35.9 Å². The molecule has 0 aromatic heterocycles. The topological polar surface area (TPSA) is 61.4 Å². The lowest BCUT2D eigenvalue weighted by Crippen LogP contribution is -2.44. The SMILES string of the molecule is CCN(CC(=O)NC(=O)NCCC1=CCCCC1)Cc1cccc(F)c1. The van der Waals surface area contributed by atoms with Gasteiger partial charge in [-0.3, -0.25) is 15.0 Å². The summed E-state index contributed by atoms with van der Waals surface area (Å²) in [6, 6.07) is 5.84. The number of nitrogens with zero attached hydrogens (tertiary/aromatic N) is 1. The van der Waals surface area contributed by atoms with Gasteiger partial charge in [-0.1, -0.05) is 30.7 Å². The molecule has 142 valence electrons. The third kappa shape index (κ3) is 7.35. The number of halogens is 1. The fourth-order valence-electron chi connectivity index (χ4n) is 3.05. The van der Waals surface area contributed by atoms with Gasteiger partial charge >= 0.3 is 6.03 Å². The molecule has 1 aromatic carbocycles. The van der Waals surface area contributed by atoms with E-state index in [0.29, 0.717) is 19.6 Å². The molecule has 1 aromatic rings. The number of rotatable bonds is 8. The summed E-state index contributed by atoms with van der Waals surface area (Å²) in [5.74, 6) is -0.659. The van der Waals surface area contributed by atoms with Crippen molar-refractivity contribution >= 4 is 11.9 Å². The lowest BCUT2D eigenvalue weighted by Gasteiger charge is -2.20. The molecule has 2 N–H and O–H groups in total. The van der Waals surface area contributed by atoms with E-state index in [1.807, 2.05) is 17.9 Å². The number of nitrogens with one attached hydrogen (secondary N) is 2. The predicted octanol–water partition coefficient (Wildman–Crippen LogP) is 3.36. The van der Waals surface area contributed by atoms with Gasteiger partial charge in [0.25, 0.3) is 0 Å². The summed E-state index contributed by atoms with van der Waals surface area (Å²) < 4.78 is 13.3. The van der Waals surface area contributed by atoms with E-state index in [-0.39, 0.29) is 18.3 Å². The Labute approximate surface area is 154 Å². The van der Waals surface area contributed by atoms with Crippen LogP contribution in [0.25, 0.3) is 0 Å². The third-order valence-electron chi connectivity index (χ3n) is 4.48. The van der Waals surface area contributed by atoms with Crippen LogP contribution in [0, 0.1) is 5.82 Å². The van der Waals surface area contributed by atoms with Gasteiger partial charge in [-0.05, 0) is 56.3 Å². The van der Waals surface area contributed by atoms with E-state index in [1.54, 1.807) is 6.07 Å². The summed E-state index contributed by atoms with van der Waals surface area (Å²) in [7, 11) is 0. The number of amides is 3. The molecule has 0 saturated carbocycles. The van der Waals surface area contributed by atoms with Crippen LogP contribution in [0.2, 0.25) is 0 Å². The molecule has 0 bridgehead atoms. The van der Waals surface area contributed by atoms with Crippen molar-refractivity contribution in [3.8, 4) is 0 Å². The molecule has 0 atom stereocenters. The van der Waals surface area contributed by atoms with E-state index < -0.39 is 6.03 Å². The highest BCUT2D eigenvalue weighted by atomic mass is 19.1. The molecule has 0 radical (unpaired) electrons.